The van der Waals surface area contributed by atoms with Gasteiger partial charge in [0.2, 0.25) is 5.91 Å². The molecule has 0 aromatic heterocycles. The van der Waals surface area contributed by atoms with E-state index in [0.717, 1.165) is 5.75 Å². The van der Waals surface area contributed by atoms with Crippen LogP contribution in [0.25, 0.3) is 0 Å². The summed E-state index contributed by atoms with van der Waals surface area (Å²) in [7, 11) is 0. The number of urea groups is 1. The van der Waals surface area contributed by atoms with Crippen LogP contribution in [0.5, 0.6) is 11.5 Å². The van der Waals surface area contributed by atoms with Crippen LogP contribution in [-0.2, 0) is 4.79 Å². The molecule has 2 aromatic rings. The maximum Gasteiger partial charge on any atom is 0.312 e. The minimum Gasteiger partial charge on any atom is -0.457 e. The van der Waals surface area contributed by atoms with Gasteiger partial charge in [-0.05, 0) is 43.3 Å². The molecule has 22 heavy (non-hydrogen) atoms. The van der Waals surface area contributed by atoms with Gasteiger partial charge in [-0.1, -0.05) is 18.2 Å². The molecule has 2 aromatic carbocycles. The van der Waals surface area contributed by atoms with Gasteiger partial charge < -0.3 is 21.1 Å². The number of nitrogens with one attached hydrogen (secondary N) is 2. The smallest absolute Gasteiger partial charge is 0.312 e. The molecule has 0 aliphatic rings. The molecular formula is C16H17N3O3. The minimum atomic E-state index is -0.741. The van der Waals surface area contributed by atoms with Crippen molar-refractivity contribution >= 4 is 17.6 Å². The molecule has 0 bridgehead atoms. The summed E-state index contributed by atoms with van der Waals surface area (Å²) in [6, 6.07) is 14.9. The van der Waals surface area contributed by atoms with E-state index in [2.05, 4.69) is 10.6 Å². The van der Waals surface area contributed by atoms with Gasteiger partial charge in [0.25, 0.3) is 0 Å². The van der Waals surface area contributed by atoms with Crippen LogP contribution in [0, 0.1) is 0 Å². The summed E-state index contributed by atoms with van der Waals surface area (Å²) in [5.74, 6) is 1.04. The molecule has 0 fully saturated rings. The zero-order chi connectivity index (χ0) is 15.9. The van der Waals surface area contributed by atoms with Crippen LogP contribution in [0.2, 0.25) is 0 Å². The van der Waals surface area contributed by atoms with Gasteiger partial charge in [0.15, 0.2) is 0 Å². The second kappa shape index (κ2) is 7.12. The first-order chi connectivity index (χ1) is 10.5. The molecule has 4 N–H and O–H groups in total. The first kappa shape index (κ1) is 15.4. The van der Waals surface area contributed by atoms with Crippen LogP contribution in [0.4, 0.5) is 10.5 Å². The van der Waals surface area contributed by atoms with Crippen LogP contribution < -0.4 is 21.1 Å². The van der Waals surface area contributed by atoms with Crippen LogP contribution in [0.3, 0.4) is 0 Å². The van der Waals surface area contributed by atoms with Crippen LogP contribution in [0.15, 0.2) is 54.6 Å². The third-order valence-electron chi connectivity index (χ3n) is 2.85. The quantitative estimate of drug-likeness (QED) is 0.791. The predicted octanol–water partition coefficient (Wildman–Crippen LogP) is 2.47. The maximum atomic E-state index is 11.8. The molecule has 6 nitrogen and oxygen atoms in total. The zero-order valence-corrected chi connectivity index (χ0v) is 12.1. The van der Waals surface area contributed by atoms with Gasteiger partial charge in [0, 0.05) is 5.69 Å². The summed E-state index contributed by atoms with van der Waals surface area (Å²) in [5.41, 5.74) is 5.57. The summed E-state index contributed by atoms with van der Waals surface area (Å²) >= 11 is 0. The number of benzene rings is 2. The predicted molar refractivity (Wildman–Crippen MR) is 83.8 cm³/mol. The van der Waals surface area contributed by atoms with Crippen molar-refractivity contribution in [1.29, 1.82) is 0 Å². The highest BCUT2D eigenvalue weighted by atomic mass is 16.5. The van der Waals surface area contributed by atoms with Crippen molar-refractivity contribution in [1.82, 2.24) is 5.32 Å². The Kier molecular flexibility index (Phi) is 4.98. The Labute approximate surface area is 128 Å². The van der Waals surface area contributed by atoms with E-state index in [1.165, 1.54) is 0 Å². The molecule has 0 saturated heterocycles. The topological polar surface area (TPSA) is 93.5 Å². The first-order valence-corrected chi connectivity index (χ1v) is 6.74. The fourth-order valence-electron chi connectivity index (χ4n) is 1.76. The van der Waals surface area contributed by atoms with Gasteiger partial charge in [-0.15, -0.1) is 0 Å². The Morgan fingerprint density at radius 1 is 1.00 bits per heavy atom. The molecule has 2 rings (SSSR count). The fraction of sp³-hybridized carbons (Fsp3) is 0.125. The van der Waals surface area contributed by atoms with Gasteiger partial charge in [0.05, 0.1) is 0 Å². The zero-order valence-electron chi connectivity index (χ0n) is 12.1. The van der Waals surface area contributed by atoms with Crippen LogP contribution >= 0.6 is 0 Å². The van der Waals surface area contributed by atoms with E-state index in [9.17, 15) is 9.59 Å². The number of hydrogen-bond donors (Lipinski definition) is 3. The Morgan fingerprint density at radius 3 is 2.18 bits per heavy atom. The van der Waals surface area contributed by atoms with Crippen LogP contribution in [0.1, 0.15) is 6.92 Å². The highest BCUT2D eigenvalue weighted by Gasteiger charge is 2.13. The second-order valence-corrected chi connectivity index (χ2v) is 4.66. The summed E-state index contributed by atoms with van der Waals surface area (Å²) in [6.07, 6.45) is 0. The van der Waals surface area contributed by atoms with E-state index >= 15 is 0 Å². The van der Waals surface area contributed by atoms with Crippen LogP contribution in [-0.4, -0.2) is 18.0 Å². The van der Waals surface area contributed by atoms with Crippen molar-refractivity contribution in [2.45, 2.75) is 13.0 Å². The SMILES string of the molecule is C[C@H](NC(N)=O)C(=O)Nc1ccc(Oc2ccccc2)cc1. The summed E-state index contributed by atoms with van der Waals surface area (Å²) in [6.45, 7) is 1.55. The number of para-hydroxylation sites is 1. The van der Waals surface area contributed by atoms with Crippen molar-refractivity contribution in [2.24, 2.45) is 5.73 Å². The molecule has 114 valence electrons. The van der Waals surface area contributed by atoms with E-state index in [-0.39, 0.29) is 5.91 Å². The van der Waals surface area contributed by atoms with Gasteiger partial charge in [-0.25, -0.2) is 4.79 Å². The van der Waals surface area contributed by atoms with E-state index < -0.39 is 12.1 Å². The number of rotatable bonds is 5. The average molecular weight is 299 g/mol. The minimum absolute atomic E-state index is 0.351. The molecule has 6 heteroatoms. The lowest BCUT2D eigenvalue weighted by atomic mass is 10.2. The second-order valence-electron chi connectivity index (χ2n) is 4.66. The Hall–Kier alpha value is -3.02. The monoisotopic (exact) mass is 299 g/mol. The number of anilines is 1. The Balaban J connectivity index is 1.94. The number of amides is 3. The molecule has 0 unspecified atom stereocenters. The van der Waals surface area contributed by atoms with Crippen molar-refractivity contribution < 1.29 is 14.3 Å². The molecule has 0 aliphatic heterocycles. The lowest BCUT2D eigenvalue weighted by Crippen LogP contribution is -2.44. The standard InChI is InChI=1S/C16H17N3O3/c1-11(18-16(17)21)15(20)19-12-7-9-14(10-8-12)22-13-5-3-2-4-6-13/h2-11H,1H3,(H,19,20)(H3,17,18,21)/t11-/m0/s1. The Morgan fingerprint density at radius 2 is 1.59 bits per heavy atom. The summed E-state index contributed by atoms with van der Waals surface area (Å²) < 4.78 is 5.65. The third-order valence-corrected chi connectivity index (χ3v) is 2.85. The summed E-state index contributed by atoms with van der Waals surface area (Å²) in [5, 5.41) is 4.98. The third kappa shape index (κ3) is 4.52. The van der Waals surface area contributed by atoms with Gasteiger partial charge >= 0.3 is 6.03 Å². The van der Waals surface area contributed by atoms with E-state index in [1.54, 1.807) is 31.2 Å². The average Bonchev–Trinajstić information content (AvgIpc) is 2.49. The molecular weight excluding hydrogens is 282 g/mol. The van der Waals surface area contributed by atoms with E-state index in [1.807, 2.05) is 30.3 Å². The van der Waals surface area contributed by atoms with Gasteiger partial charge in [0.1, 0.15) is 17.5 Å². The Bertz CT molecular complexity index is 641. The van der Waals surface area contributed by atoms with E-state index in [0.29, 0.717) is 11.4 Å². The number of ether oxygens (including phenoxy) is 1. The lowest BCUT2D eigenvalue weighted by molar-refractivity contribution is -0.117. The largest absolute Gasteiger partial charge is 0.457 e. The molecule has 0 heterocycles. The molecule has 3 amide bonds. The molecule has 0 radical (unpaired) electrons. The van der Waals surface area contributed by atoms with Crippen molar-refractivity contribution in [3.63, 3.8) is 0 Å². The number of carbonyl (C=O) groups is 2. The fourth-order valence-corrected chi connectivity index (χ4v) is 1.76. The molecule has 0 aliphatic carbocycles. The van der Waals surface area contributed by atoms with Crippen molar-refractivity contribution in [3.8, 4) is 11.5 Å². The highest BCUT2D eigenvalue weighted by Crippen LogP contribution is 2.22. The molecule has 0 saturated carbocycles. The number of hydrogen-bond acceptors (Lipinski definition) is 3. The normalized spacial score (nSPS) is 11.3. The van der Waals surface area contributed by atoms with Crippen molar-refractivity contribution in [2.75, 3.05) is 5.32 Å². The molecule has 0 spiro atoms. The van der Waals surface area contributed by atoms with Crippen molar-refractivity contribution in [3.05, 3.63) is 54.6 Å². The summed E-state index contributed by atoms with van der Waals surface area (Å²) in [4.78, 5) is 22.5. The van der Waals surface area contributed by atoms with Gasteiger partial charge in [-0.3, -0.25) is 4.79 Å². The highest BCUT2D eigenvalue weighted by molar-refractivity contribution is 5.96. The number of primary amides is 1. The maximum absolute atomic E-state index is 11.8. The first-order valence-electron chi connectivity index (χ1n) is 6.74. The number of nitrogens with two attached hydrogens (primary N) is 1. The lowest BCUT2D eigenvalue weighted by Gasteiger charge is -2.13. The molecule has 1 atom stereocenters. The number of carbonyl (C=O) groups excluding carboxylic acids is 2. The van der Waals surface area contributed by atoms with E-state index in [4.69, 9.17) is 10.5 Å². The van der Waals surface area contributed by atoms with Gasteiger partial charge in [-0.2, -0.15) is 0 Å².